The van der Waals surface area contributed by atoms with Crippen LogP contribution < -0.4 is 14.8 Å². The van der Waals surface area contributed by atoms with Gasteiger partial charge in [-0.2, -0.15) is 0 Å². The molecule has 1 aliphatic rings. The van der Waals surface area contributed by atoms with Gasteiger partial charge in [0.05, 0.1) is 19.8 Å². The van der Waals surface area contributed by atoms with Crippen LogP contribution in [0.1, 0.15) is 43.0 Å². The first kappa shape index (κ1) is 19.5. The zero-order valence-electron chi connectivity index (χ0n) is 16.6. The van der Waals surface area contributed by atoms with Gasteiger partial charge in [-0.3, -0.25) is 4.79 Å². The van der Waals surface area contributed by atoms with E-state index in [0.717, 1.165) is 43.2 Å². The molecule has 2 aromatic carbocycles. The van der Waals surface area contributed by atoms with Crippen molar-refractivity contribution < 1.29 is 14.3 Å². The number of benzene rings is 2. The van der Waals surface area contributed by atoms with Crippen molar-refractivity contribution in [1.82, 2.24) is 10.2 Å². The van der Waals surface area contributed by atoms with Crippen LogP contribution in [-0.2, 0) is 0 Å². The predicted molar refractivity (Wildman–Crippen MR) is 109 cm³/mol. The fourth-order valence-electron chi connectivity index (χ4n) is 3.82. The van der Waals surface area contributed by atoms with E-state index in [0.29, 0.717) is 17.1 Å². The number of likely N-dealkylation sites (tertiary alicyclic amines) is 1. The lowest BCUT2D eigenvalue weighted by molar-refractivity contribution is 0.0907. The van der Waals surface area contributed by atoms with Crippen LogP contribution in [0.4, 0.5) is 0 Å². The number of fused-ring (bicyclic) bond motifs is 1. The summed E-state index contributed by atoms with van der Waals surface area (Å²) in [5.41, 5.74) is 0.529. The number of carbonyl (C=O) groups is 1. The number of piperidine rings is 1. The molecule has 1 aliphatic heterocycles. The molecule has 5 nitrogen and oxygen atoms in total. The van der Waals surface area contributed by atoms with Crippen molar-refractivity contribution in [3.05, 3.63) is 35.9 Å². The van der Waals surface area contributed by atoms with E-state index in [4.69, 9.17) is 9.47 Å². The van der Waals surface area contributed by atoms with E-state index >= 15 is 0 Å². The maximum Gasteiger partial charge on any atom is 0.255 e. The van der Waals surface area contributed by atoms with E-state index in [1.54, 1.807) is 20.3 Å². The molecule has 5 heteroatoms. The van der Waals surface area contributed by atoms with Gasteiger partial charge in [-0.15, -0.1) is 0 Å². The highest BCUT2D eigenvalue weighted by atomic mass is 16.5. The maximum absolute atomic E-state index is 13.0. The Balaban J connectivity index is 1.76. The van der Waals surface area contributed by atoms with E-state index in [1.165, 1.54) is 12.8 Å². The van der Waals surface area contributed by atoms with Gasteiger partial charge in [0.1, 0.15) is 11.5 Å². The Kier molecular flexibility index (Phi) is 6.56. The molecule has 1 N–H and O–H groups in total. The number of carbonyl (C=O) groups excluding carboxylic acids is 1. The predicted octanol–water partition coefficient (Wildman–Crippen LogP) is 3.85. The number of amides is 1. The third-order valence-corrected chi connectivity index (χ3v) is 5.38. The number of nitrogens with zero attached hydrogens (tertiary/aromatic N) is 1. The van der Waals surface area contributed by atoms with Gasteiger partial charge in [-0.1, -0.05) is 37.6 Å². The minimum Gasteiger partial charge on any atom is -0.496 e. The van der Waals surface area contributed by atoms with Gasteiger partial charge in [0.2, 0.25) is 0 Å². The fraction of sp³-hybridized carbons (Fsp3) is 0.500. The van der Waals surface area contributed by atoms with Crippen LogP contribution >= 0.6 is 0 Å². The number of nitrogens with one attached hydrogen (secondary N) is 1. The summed E-state index contributed by atoms with van der Waals surface area (Å²) in [5, 5.41) is 5.03. The molecular weight excluding hydrogens is 340 g/mol. The van der Waals surface area contributed by atoms with E-state index in [1.807, 2.05) is 24.3 Å². The van der Waals surface area contributed by atoms with Crippen molar-refractivity contribution in [3.8, 4) is 11.5 Å². The first-order valence-corrected chi connectivity index (χ1v) is 9.84. The molecule has 0 spiro atoms. The van der Waals surface area contributed by atoms with Gasteiger partial charge < -0.3 is 19.7 Å². The molecule has 0 saturated carbocycles. The average molecular weight is 370 g/mol. The number of hydrogen-bond donors (Lipinski definition) is 1. The molecule has 146 valence electrons. The third kappa shape index (κ3) is 4.35. The van der Waals surface area contributed by atoms with Crippen LogP contribution in [0.25, 0.3) is 10.8 Å². The molecular formula is C22H30N2O3. The molecule has 0 atom stereocenters. The Hall–Kier alpha value is -2.27. The lowest BCUT2D eigenvalue weighted by Gasteiger charge is -2.32. The summed E-state index contributed by atoms with van der Waals surface area (Å²) in [4.78, 5) is 15.5. The molecule has 0 aliphatic carbocycles. The van der Waals surface area contributed by atoms with Crippen LogP contribution in [0.5, 0.6) is 11.5 Å². The van der Waals surface area contributed by atoms with Gasteiger partial charge in [-0.05, 0) is 31.9 Å². The average Bonchev–Trinajstić information content (AvgIpc) is 2.71. The van der Waals surface area contributed by atoms with Gasteiger partial charge >= 0.3 is 0 Å². The Labute approximate surface area is 161 Å². The molecule has 1 saturated heterocycles. The summed E-state index contributed by atoms with van der Waals surface area (Å²) in [6.07, 6.45) is 4.44. The van der Waals surface area contributed by atoms with Crippen LogP contribution in [0, 0.1) is 0 Å². The standard InChI is InChI=1S/C22H30N2O3/c1-4-5-12-24-13-10-16(11-14-24)23-22(25)19-15-20(26-2)17-8-6-7-9-18(17)21(19)27-3/h6-9,15-16H,4-5,10-14H2,1-3H3,(H,23,25). The summed E-state index contributed by atoms with van der Waals surface area (Å²) in [5.74, 6) is 1.19. The first-order valence-electron chi connectivity index (χ1n) is 9.84. The van der Waals surface area contributed by atoms with Crippen molar-refractivity contribution in [3.63, 3.8) is 0 Å². The Morgan fingerprint density at radius 1 is 1.15 bits per heavy atom. The highest BCUT2D eigenvalue weighted by Crippen LogP contribution is 2.36. The number of methoxy groups -OCH3 is 2. The van der Waals surface area contributed by atoms with Gasteiger partial charge in [0, 0.05) is 29.9 Å². The summed E-state index contributed by atoms with van der Waals surface area (Å²) in [6, 6.07) is 9.82. The molecule has 3 rings (SSSR count). The van der Waals surface area contributed by atoms with Crippen LogP contribution in [0.2, 0.25) is 0 Å². The topological polar surface area (TPSA) is 50.8 Å². The second kappa shape index (κ2) is 9.09. The summed E-state index contributed by atoms with van der Waals surface area (Å²) in [7, 11) is 3.24. The maximum atomic E-state index is 13.0. The van der Waals surface area contributed by atoms with Gasteiger partial charge in [0.25, 0.3) is 5.91 Å². The molecule has 0 radical (unpaired) electrons. The molecule has 2 aromatic rings. The highest BCUT2D eigenvalue weighted by molar-refractivity contribution is 6.06. The lowest BCUT2D eigenvalue weighted by atomic mass is 10.0. The molecule has 0 aromatic heterocycles. The van der Waals surface area contributed by atoms with E-state index < -0.39 is 0 Å². The number of hydrogen-bond acceptors (Lipinski definition) is 4. The van der Waals surface area contributed by atoms with Crippen molar-refractivity contribution in [1.29, 1.82) is 0 Å². The fourth-order valence-corrected chi connectivity index (χ4v) is 3.82. The minimum atomic E-state index is -0.0945. The van der Waals surface area contributed by atoms with Crippen molar-refractivity contribution >= 4 is 16.7 Å². The SMILES string of the molecule is CCCCN1CCC(NC(=O)c2cc(OC)c3ccccc3c2OC)CC1. The first-order chi connectivity index (χ1) is 13.2. The van der Waals surface area contributed by atoms with Gasteiger partial charge in [-0.25, -0.2) is 0 Å². The van der Waals surface area contributed by atoms with Crippen molar-refractivity contribution in [2.24, 2.45) is 0 Å². The smallest absolute Gasteiger partial charge is 0.255 e. The van der Waals surface area contributed by atoms with Crippen LogP contribution in [-0.4, -0.2) is 50.7 Å². The van der Waals surface area contributed by atoms with Crippen LogP contribution in [0.15, 0.2) is 30.3 Å². The molecule has 0 unspecified atom stereocenters. The second-order valence-corrected chi connectivity index (χ2v) is 7.15. The second-order valence-electron chi connectivity index (χ2n) is 7.15. The number of unbranched alkanes of at least 4 members (excludes halogenated alkanes) is 1. The zero-order chi connectivity index (χ0) is 19.2. The summed E-state index contributed by atoms with van der Waals surface area (Å²) < 4.78 is 11.1. The molecule has 1 fully saturated rings. The van der Waals surface area contributed by atoms with E-state index in [-0.39, 0.29) is 11.9 Å². The van der Waals surface area contributed by atoms with Crippen molar-refractivity contribution in [2.75, 3.05) is 33.9 Å². The summed E-state index contributed by atoms with van der Waals surface area (Å²) >= 11 is 0. The highest BCUT2D eigenvalue weighted by Gasteiger charge is 2.24. The normalized spacial score (nSPS) is 15.7. The summed E-state index contributed by atoms with van der Waals surface area (Å²) in [6.45, 7) is 5.47. The van der Waals surface area contributed by atoms with Crippen molar-refractivity contribution in [2.45, 2.75) is 38.6 Å². The minimum absolute atomic E-state index is 0.0945. The van der Waals surface area contributed by atoms with E-state index in [9.17, 15) is 4.79 Å². The lowest BCUT2D eigenvalue weighted by Crippen LogP contribution is -2.44. The monoisotopic (exact) mass is 370 g/mol. The van der Waals surface area contributed by atoms with Gasteiger partial charge in [0.15, 0.2) is 0 Å². The number of rotatable bonds is 7. The molecule has 1 amide bonds. The molecule has 0 bridgehead atoms. The molecule has 1 heterocycles. The zero-order valence-corrected chi connectivity index (χ0v) is 16.6. The third-order valence-electron chi connectivity index (χ3n) is 5.38. The number of ether oxygens (including phenoxy) is 2. The Morgan fingerprint density at radius 2 is 1.85 bits per heavy atom. The quantitative estimate of drug-likeness (QED) is 0.804. The Morgan fingerprint density at radius 3 is 2.48 bits per heavy atom. The Bertz CT molecular complexity index is 782. The molecule has 27 heavy (non-hydrogen) atoms. The largest absolute Gasteiger partial charge is 0.496 e. The van der Waals surface area contributed by atoms with Crippen LogP contribution in [0.3, 0.4) is 0 Å². The van der Waals surface area contributed by atoms with E-state index in [2.05, 4.69) is 17.1 Å².